The normalized spacial score (nSPS) is 12.1. The molecule has 416 valence electrons. The Kier molecular flexibility index (Phi) is 60.7. The third kappa shape index (κ3) is 59.2. The third-order valence-corrected chi connectivity index (χ3v) is 14.8. The monoisotopic (exact) mass is 987 g/mol. The van der Waals surface area contributed by atoms with Crippen molar-refractivity contribution in [3.8, 4) is 0 Å². The highest BCUT2D eigenvalue weighted by Gasteiger charge is 2.18. The summed E-state index contributed by atoms with van der Waals surface area (Å²) in [4.78, 5) is 25.6. The van der Waals surface area contributed by atoms with E-state index in [4.69, 9.17) is 14.2 Å². The van der Waals surface area contributed by atoms with E-state index in [0.29, 0.717) is 26.1 Å². The zero-order valence-corrected chi connectivity index (χ0v) is 48.1. The number of ether oxygens (including phenoxy) is 3. The molecule has 1 atom stereocenters. The zero-order valence-electron chi connectivity index (χ0n) is 48.1. The van der Waals surface area contributed by atoms with Gasteiger partial charge in [-0.3, -0.25) is 9.59 Å². The Morgan fingerprint density at radius 1 is 0.300 bits per heavy atom. The van der Waals surface area contributed by atoms with Crippen molar-refractivity contribution in [2.75, 3.05) is 19.8 Å². The maximum atomic E-state index is 12.9. The van der Waals surface area contributed by atoms with Crippen LogP contribution in [0.15, 0.2) is 12.2 Å². The van der Waals surface area contributed by atoms with Crippen molar-refractivity contribution in [3.05, 3.63) is 12.2 Å². The molecule has 0 heterocycles. The lowest BCUT2D eigenvalue weighted by molar-refractivity contribution is -0.163. The standard InChI is InChI=1S/C65H126O5/c1-4-7-10-13-16-19-22-25-28-31-33-35-37-40-43-46-49-52-55-58-64(66)69-62-63(61-68-60-57-54-51-48-45-42-39-30-27-24-21-18-15-12-9-6-3)70-65(67)59-56-53-50-47-44-41-38-36-34-32-29-26-23-20-17-14-11-8-5-2/h25,28,63H,4-24,26-27,29-62H2,1-3H3/b28-25-/t63-/m1/s1. The molecule has 0 amide bonds. The van der Waals surface area contributed by atoms with Crippen LogP contribution in [0.4, 0.5) is 0 Å². The van der Waals surface area contributed by atoms with E-state index in [1.807, 2.05) is 0 Å². The van der Waals surface area contributed by atoms with Crippen molar-refractivity contribution in [1.82, 2.24) is 0 Å². The van der Waals surface area contributed by atoms with E-state index in [1.54, 1.807) is 0 Å². The molecule has 0 aliphatic carbocycles. The number of carbonyl (C=O) groups excluding carboxylic acids is 2. The number of hydrogen-bond acceptors (Lipinski definition) is 5. The SMILES string of the molecule is CCCCCCCC/C=C\CCCCCCCCCCCC(=O)OC[C@@H](COCCCCCCCCCCCCCCCCCC)OC(=O)CCCCCCCCCCCCCCCCCCCCC. The maximum absolute atomic E-state index is 12.9. The van der Waals surface area contributed by atoms with Gasteiger partial charge in [-0.15, -0.1) is 0 Å². The Morgan fingerprint density at radius 2 is 0.557 bits per heavy atom. The van der Waals surface area contributed by atoms with Gasteiger partial charge in [0, 0.05) is 19.4 Å². The highest BCUT2D eigenvalue weighted by atomic mass is 16.6. The summed E-state index contributed by atoms with van der Waals surface area (Å²) in [6.07, 6.45) is 73.9. The van der Waals surface area contributed by atoms with E-state index >= 15 is 0 Å². The molecule has 0 unspecified atom stereocenters. The van der Waals surface area contributed by atoms with Crippen LogP contribution in [0.25, 0.3) is 0 Å². The Bertz CT molecular complexity index is 1030. The van der Waals surface area contributed by atoms with E-state index in [2.05, 4.69) is 32.9 Å². The lowest BCUT2D eigenvalue weighted by atomic mass is 10.0. The van der Waals surface area contributed by atoms with Crippen LogP contribution >= 0.6 is 0 Å². The minimum Gasteiger partial charge on any atom is -0.462 e. The summed E-state index contributed by atoms with van der Waals surface area (Å²) in [5, 5.41) is 0. The highest BCUT2D eigenvalue weighted by Crippen LogP contribution is 2.18. The molecule has 0 rings (SSSR count). The summed E-state index contributed by atoms with van der Waals surface area (Å²) in [7, 11) is 0. The molecular weight excluding hydrogens is 861 g/mol. The molecule has 5 heteroatoms. The Morgan fingerprint density at radius 3 is 0.871 bits per heavy atom. The van der Waals surface area contributed by atoms with Gasteiger partial charge in [-0.05, 0) is 44.9 Å². The zero-order chi connectivity index (χ0) is 50.6. The molecule has 0 aromatic rings. The van der Waals surface area contributed by atoms with Gasteiger partial charge < -0.3 is 14.2 Å². The maximum Gasteiger partial charge on any atom is 0.306 e. The molecule has 5 nitrogen and oxygen atoms in total. The average molecular weight is 988 g/mol. The summed E-state index contributed by atoms with van der Waals surface area (Å²) in [5.41, 5.74) is 0. The number of hydrogen-bond donors (Lipinski definition) is 0. The van der Waals surface area contributed by atoms with Crippen LogP contribution in [-0.4, -0.2) is 37.9 Å². The van der Waals surface area contributed by atoms with Gasteiger partial charge in [-0.2, -0.15) is 0 Å². The first-order chi connectivity index (χ1) is 34.6. The van der Waals surface area contributed by atoms with E-state index in [9.17, 15) is 9.59 Å². The van der Waals surface area contributed by atoms with Gasteiger partial charge in [0.05, 0.1) is 6.61 Å². The largest absolute Gasteiger partial charge is 0.462 e. The van der Waals surface area contributed by atoms with Gasteiger partial charge in [0.2, 0.25) is 0 Å². The van der Waals surface area contributed by atoms with Gasteiger partial charge in [0.25, 0.3) is 0 Å². The first-order valence-electron chi connectivity index (χ1n) is 32.2. The summed E-state index contributed by atoms with van der Waals surface area (Å²) in [6.45, 7) is 7.93. The lowest BCUT2D eigenvalue weighted by Crippen LogP contribution is -2.30. The molecule has 0 fully saturated rings. The first kappa shape index (κ1) is 68.6. The topological polar surface area (TPSA) is 61.8 Å². The van der Waals surface area contributed by atoms with Gasteiger partial charge >= 0.3 is 11.9 Å². The second-order valence-electron chi connectivity index (χ2n) is 22.0. The third-order valence-electron chi connectivity index (χ3n) is 14.8. The molecular formula is C65H126O5. The molecule has 0 aromatic heterocycles. The second kappa shape index (κ2) is 61.9. The van der Waals surface area contributed by atoms with Crippen molar-refractivity contribution in [3.63, 3.8) is 0 Å². The van der Waals surface area contributed by atoms with Crippen LogP contribution in [0.3, 0.4) is 0 Å². The van der Waals surface area contributed by atoms with Crippen LogP contribution in [0, 0.1) is 0 Å². The Hall–Kier alpha value is -1.36. The number of carbonyl (C=O) groups is 2. The quantitative estimate of drug-likeness (QED) is 0.0345. The fourth-order valence-corrected chi connectivity index (χ4v) is 9.98. The van der Waals surface area contributed by atoms with Crippen molar-refractivity contribution < 1.29 is 23.8 Å². The van der Waals surface area contributed by atoms with E-state index < -0.39 is 6.10 Å². The Balaban J connectivity index is 4.19. The van der Waals surface area contributed by atoms with Crippen molar-refractivity contribution >= 4 is 11.9 Å². The van der Waals surface area contributed by atoms with E-state index in [0.717, 1.165) is 32.1 Å². The van der Waals surface area contributed by atoms with Gasteiger partial charge in [-0.25, -0.2) is 0 Å². The highest BCUT2D eigenvalue weighted by molar-refractivity contribution is 5.70. The van der Waals surface area contributed by atoms with Gasteiger partial charge in [-0.1, -0.05) is 322 Å². The second-order valence-corrected chi connectivity index (χ2v) is 22.0. The molecule has 0 aliphatic heterocycles. The first-order valence-corrected chi connectivity index (χ1v) is 32.2. The number of rotatable bonds is 61. The number of unbranched alkanes of at least 4 members (excludes halogenated alkanes) is 48. The molecule has 0 aliphatic rings. The lowest BCUT2D eigenvalue weighted by Gasteiger charge is -2.18. The smallest absolute Gasteiger partial charge is 0.306 e. The number of allylic oxidation sites excluding steroid dienone is 2. The molecule has 0 spiro atoms. The molecule has 70 heavy (non-hydrogen) atoms. The predicted molar refractivity (Wildman–Crippen MR) is 307 cm³/mol. The predicted octanol–water partition coefficient (Wildman–Crippen LogP) is 22.1. The minimum absolute atomic E-state index is 0.0949. The molecule has 0 radical (unpaired) electrons. The van der Waals surface area contributed by atoms with Crippen molar-refractivity contribution in [2.45, 2.75) is 374 Å². The van der Waals surface area contributed by atoms with E-state index in [-0.39, 0.29) is 18.5 Å². The fourth-order valence-electron chi connectivity index (χ4n) is 9.98. The van der Waals surface area contributed by atoms with Gasteiger partial charge in [0.1, 0.15) is 6.61 Å². The van der Waals surface area contributed by atoms with Crippen LogP contribution in [0.1, 0.15) is 367 Å². The van der Waals surface area contributed by atoms with Crippen LogP contribution in [-0.2, 0) is 23.8 Å². The van der Waals surface area contributed by atoms with Crippen molar-refractivity contribution in [2.24, 2.45) is 0 Å². The summed E-state index contributed by atoms with van der Waals surface area (Å²) in [5.74, 6) is -0.367. The number of esters is 2. The van der Waals surface area contributed by atoms with Crippen LogP contribution < -0.4 is 0 Å². The molecule has 0 aromatic carbocycles. The Labute approximate surface area is 439 Å². The molecule has 0 bridgehead atoms. The van der Waals surface area contributed by atoms with Gasteiger partial charge in [0.15, 0.2) is 6.10 Å². The molecule has 0 saturated carbocycles. The summed E-state index contributed by atoms with van der Waals surface area (Å²) in [6, 6.07) is 0. The van der Waals surface area contributed by atoms with Crippen LogP contribution in [0.2, 0.25) is 0 Å². The molecule has 0 saturated heterocycles. The fraction of sp³-hybridized carbons (Fsp3) is 0.938. The summed E-state index contributed by atoms with van der Waals surface area (Å²) < 4.78 is 17.6. The van der Waals surface area contributed by atoms with E-state index in [1.165, 1.54) is 302 Å². The summed E-state index contributed by atoms with van der Waals surface area (Å²) >= 11 is 0. The average Bonchev–Trinajstić information content (AvgIpc) is 3.36. The van der Waals surface area contributed by atoms with Crippen LogP contribution in [0.5, 0.6) is 0 Å². The molecule has 0 N–H and O–H groups in total. The van der Waals surface area contributed by atoms with Crippen molar-refractivity contribution in [1.29, 1.82) is 0 Å². The minimum atomic E-state index is -0.529.